The standard InChI is InChI=1S/C14H30N2Si/c1-7-8-9-15-10-11-16(14(2,3)4)12-13(15)17(5)6/h8-9,13,17H,7,10-12H2,1-6H3. The summed E-state index contributed by atoms with van der Waals surface area (Å²) in [5.74, 6) is 0. The van der Waals surface area contributed by atoms with Crippen LogP contribution in [0.3, 0.4) is 0 Å². The van der Waals surface area contributed by atoms with Crippen LogP contribution < -0.4 is 0 Å². The highest BCUT2D eigenvalue weighted by Crippen LogP contribution is 2.21. The summed E-state index contributed by atoms with van der Waals surface area (Å²) < 4.78 is 0. The van der Waals surface area contributed by atoms with Crippen LogP contribution in [0.1, 0.15) is 34.1 Å². The van der Waals surface area contributed by atoms with Gasteiger partial charge in [-0.15, -0.1) is 0 Å². The van der Waals surface area contributed by atoms with Gasteiger partial charge < -0.3 is 4.90 Å². The minimum absolute atomic E-state index is 0.322. The first-order chi connectivity index (χ1) is 7.86. The highest BCUT2D eigenvalue weighted by atomic mass is 28.3. The predicted molar refractivity (Wildman–Crippen MR) is 80.1 cm³/mol. The topological polar surface area (TPSA) is 6.48 Å². The molecule has 0 aromatic rings. The van der Waals surface area contributed by atoms with Gasteiger partial charge in [-0.05, 0) is 33.4 Å². The Hall–Kier alpha value is -0.283. The maximum Gasteiger partial charge on any atom is 0.0591 e. The lowest BCUT2D eigenvalue weighted by Crippen LogP contribution is -2.60. The summed E-state index contributed by atoms with van der Waals surface area (Å²) in [5.41, 5.74) is 1.12. The first-order valence-corrected chi connectivity index (χ1v) is 10.0. The second kappa shape index (κ2) is 6.05. The number of rotatable bonds is 3. The molecule has 0 spiro atoms. The Morgan fingerprint density at radius 1 is 1.24 bits per heavy atom. The van der Waals surface area contributed by atoms with Gasteiger partial charge in [-0.1, -0.05) is 26.1 Å². The first kappa shape index (κ1) is 14.8. The van der Waals surface area contributed by atoms with Crippen LogP contribution in [0, 0.1) is 0 Å². The van der Waals surface area contributed by atoms with E-state index in [1.807, 2.05) is 0 Å². The molecule has 0 N–H and O–H groups in total. The molecule has 0 bridgehead atoms. The Kier molecular flexibility index (Phi) is 5.26. The van der Waals surface area contributed by atoms with Gasteiger partial charge in [0.25, 0.3) is 0 Å². The van der Waals surface area contributed by atoms with E-state index in [9.17, 15) is 0 Å². The quantitative estimate of drug-likeness (QED) is 0.715. The molecule has 100 valence electrons. The monoisotopic (exact) mass is 254 g/mol. The second-order valence-electron chi connectivity index (χ2n) is 6.46. The molecule has 0 saturated carbocycles. The van der Waals surface area contributed by atoms with Crippen molar-refractivity contribution >= 4 is 8.80 Å². The van der Waals surface area contributed by atoms with Gasteiger partial charge in [0.15, 0.2) is 0 Å². The van der Waals surface area contributed by atoms with E-state index < -0.39 is 8.80 Å². The van der Waals surface area contributed by atoms with Crippen molar-refractivity contribution in [3.05, 3.63) is 12.3 Å². The molecular formula is C14H30N2Si. The van der Waals surface area contributed by atoms with Crippen molar-refractivity contribution in [2.24, 2.45) is 0 Å². The van der Waals surface area contributed by atoms with E-state index >= 15 is 0 Å². The molecule has 0 aromatic heterocycles. The van der Waals surface area contributed by atoms with Crippen LogP contribution in [-0.4, -0.2) is 49.4 Å². The van der Waals surface area contributed by atoms with E-state index in [0.717, 1.165) is 12.1 Å². The molecule has 0 aromatic carbocycles. The summed E-state index contributed by atoms with van der Waals surface area (Å²) in [6, 6.07) is 0. The fourth-order valence-corrected chi connectivity index (χ4v) is 4.14. The third kappa shape index (κ3) is 4.14. The van der Waals surface area contributed by atoms with Crippen LogP contribution in [0.2, 0.25) is 13.1 Å². The van der Waals surface area contributed by atoms with Crippen LogP contribution in [0.25, 0.3) is 0 Å². The summed E-state index contributed by atoms with van der Waals surface area (Å²) >= 11 is 0. The zero-order valence-electron chi connectivity index (χ0n) is 12.5. The molecular weight excluding hydrogens is 224 g/mol. The van der Waals surface area contributed by atoms with Crippen LogP contribution in [0.5, 0.6) is 0 Å². The lowest BCUT2D eigenvalue weighted by atomic mass is 10.0. The average molecular weight is 254 g/mol. The maximum absolute atomic E-state index is 2.65. The number of allylic oxidation sites excluding steroid dienone is 1. The van der Waals surface area contributed by atoms with Gasteiger partial charge in [0.05, 0.1) is 8.80 Å². The number of hydrogen-bond acceptors (Lipinski definition) is 2. The maximum atomic E-state index is 2.65. The Bertz CT molecular complexity index is 255. The molecule has 2 nitrogen and oxygen atoms in total. The van der Waals surface area contributed by atoms with Crippen LogP contribution >= 0.6 is 0 Å². The molecule has 0 aliphatic carbocycles. The molecule has 1 heterocycles. The van der Waals surface area contributed by atoms with Gasteiger partial charge >= 0.3 is 0 Å². The summed E-state index contributed by atoms with van der Waals surface area (Å²) in [6.45, 7) is 17.8. The van der Waals surface area contributed by atoms with Crippen LogP contribution in [0.4, 0.5) is 0 Å². The fourth-order valence-electron chi connectivity index (χ4n) is 2.45. The van der Waals surface area contributed by atoms with Crippen molar-refractivity contribution in [2.75, 3.05) is 19.6 Å². The summed E-state index contributed by atoms with van der Waals surface area (Å²) in [5, 5.41) is 0. The highest BCUT2D eigenvalue weighted by molar-refractivity contribution is 6.57. The van der Waals surface area contributed by atoms with Crippen molar-refractivity contribution in [1.29, 1.82) is 0 Å². The predicted octanol–water partition coefficient (Wildman–Crippen LogP) is 2.72. The van der Waals surface area contributed by atoms with Gasteiger partial charge in [-0.2, -0.15) is 0 Å². The molecule has 0 radical (unpaired) electrons. The Balaban J connectivity index is 2.71. The fraction of sp³-hybridized carbons (Fsp3) is 0.857. The highest BCUT2D eigenvalue weighted by Gasteiger charge is 2.32. The van der Waals surface area contributed by atoms with Crippen LogP contribution in [-0.2, 0) is 0 Å². The number of piperazine rings is 1. The van der Waals surface area contributed by atoms with Gasteiger partial charge in [0.1, 0.15) is 0 Å². The van der Waals surface area contributed by atoms with E-state index in [0.29, 0.717) is 5.54 Å². The second-order valence-corrected chi connectivity index (χ2v) is 9.72. The van der Waals surface area contributed by atoms with Crippen molar-refractivity contribution in [2.45, 2.75) is 58.4 Å². The van der Waals surface area contributed by atoms with Crippen molar-refractivity contribution in [3.63, 3.8) is 0 Å². The molecule has 1 atom stereocenters. The smallest absolute Gasteiger partial charge is 0.0591 e. The van der Waals surface area contributed by atoms with Gasteiger partial charge in [-0.3, -0.25) is 4.90 Å². The SMILES string of the molecule is CCC=CN1CCN(C(C)(C)C)CC1[SiH](C)C. The molecule has 1 aliphatic rings. The minimum atomic E-state index is -0.630. The van der Waals surface area contributed by atoms with Crippen molar-refractivity contribution < 1.29 is 0 Å². The average Bonchev–Trinajstić information content (AvgIpc) is 2.24. The molecule has 1 fully saturated rings. The summed E-state index contributed by atoms with van der Waals surface area (Å²) in [6.07, 6.45) is 5.79. The van der Waals surface area contributed by atoms with E-state index in [4.69, 9.17) is 0 Å². The van der Waals surface area contributed by atoms with E-state index in [1.54, 1.807) is 0 Å². The van der Waals surface area contributed by atoms with E-state index in [1.165, 1.54) is 19.6 Å². The summed E-state index contributed by atoms with van der Waals surface area (Å²) in [7, 11) is -0.630. The molecule has 1 aliphatic heterocycles. The molecule has 1 rings (SSSR count). The Labute approximate surface area is 109 Å². The first-order valence-electron chi connectivity index (χ1n) is 7.03. The van der Waals surface area contributed by atoms with E-state index in [2.05, 4.69) is 62.9 Å². The third-order valence-electron chi connectivity index (χ3n) is 3.71. The number of nitrogens with zero attached hydrogens (tertiary/aromatic N) is 2. The van der Waals surface area contributed by atoms with Gasteiger partial charge in [0, 0.05) is 30.8 Å². The largest absolute Gasteiger partial charge is 0.375 e. The number of hydrogen-bond donors (Lipinski definition) is 0. The minimum Gasteiger partial charge on any atom is -0.375 e. The molecule has 0 amide bonds. The van der Waals surface area contributed by atoms with Crippen molar-refractivity contribution in [1.82, 2.24) is 9.80 Å². The Morgan fingerprint density at radius 2 is 1.88 bits per heavy atom. The third-order valence-corrected chi connectivity index (χ3v) is 5.85. The van der Waals surface area contributed by atoms with Crippen LogP contribution in [0.15, 0.2) is 12.3 Å². The van der Waals surface area contributed by atoms with Gasteiger partial charge in [-0.25, -0.2) is 0 Å². The summed E-state index contributed by atoms with van der Waals surface area (Å²) in [4.78, 5) is 5.25. The zero-order chi connectivity index (χ0) is 13.1. The van der Waals surface area contributed by atoms with E-state index in [-0.39, 0.29) is 0 Å². The molecule has 1 unspecified atom stereocenters. The Morgan fingerprint density at radius 3 is 2.35 bits per heavy atom. The lowest BCUT2D eigenvalue weighted by molar-refractivity contribution is 0.0671. The zero-order valence-corrected chi connectivity index (χ0v) is 13.7. The lowest BCUT2D eigenvalue weighted by Gasteiger charge is -2.48. The molecule has 17 heavy (non-hydrogen) atoms. The molecule has 1 saturated heterocycles. The molecule has 3 heteroatoms. The normalized spacial score (nSPS) is 23.9. The van der Waals surface area contributed by atoms with Crippen molar-refractivity contribution in [3.8, 4) is 0 Å². The van der Waals surface area contributed by atoms with Gasteiger partial charge in [0.2, 0.25) is 0 Å².